The van der Waals surface area contributed by atoms with E-state index >= 15 is 0 Å². The van der Waals surface area contributed by atoms with Gasteiger partial charge in [-0.15, -0.1) is 0 Å². The zero-order valence-electron chi connectivity index (χ0n) is 13.3. The third kappa shape index (κ3) is 1.34. The van der Waals surface area contributed by atoms with Crippen molar-refractivity contribution in [2.24, 2.45) is 16.7 Å². The molecule has 3 fully saturated rings. The quantitative estimate of drug-likeness (QED) is 0.841. The fourth-order valence-electron chi connectivity index (χ4n) is 5.68. The van der Waals surface area contributed by atoms with Crippen molar-refractivity contribution >= 4 is 5.91 Å². The van der Waals surface area contributed by atoms with E-state index in [4.69, 9.17) is 0 Å². The Balaban J connectivity index is 1.68. The van der Waals surface area contributed by atoms with E-state index < -0.39 is 5.54 Å². The lowest BCUT2D eigenvalue weighted by Gasteiger charge is -2.43. The zero-order chi connectivity index (χ0) is 15.6. The van der Waals surface area contributed by atoms with Crippen molar-refractivity contribution in [3.05, 3.63) is 35.9 Å². The Morgan fingerprint density at radius 2 is 2.09 bits per heavy atom. The molecule has 2 aliphatic carbocycles. The van der Waals surface area contributed by atoms with E-state index in [0.717, 1.165) is 24.9 Å². The third-order valence-electron chi connectivity index (χ3n) is 7.24. The van der Waals surface area contributed by atoms with Crippen LogP contribution in [0.3, 0.4) is 0 Å². The van der Waals surface area contributed by atoms with Crippen molar-refractivity contribution in [2.45, 2.75) is 45.1 Å². The van der Waals surface area contributed by atoms with E-state index in [0.29, 0.717) is 12.3 Å². The van der Waals surface area contributed by atoms with E-state index in [-0.39, 0.29) is 16.7 Å². The molecule has 114 valence electrons. The van der Waals surface area contributed by atoms with Gasteiger partial charge in [0.15, 0.2) is 0 Å². The molecule has 1 amide bonds. The van der Waals surface area contributed by atoms with Crippen LogP contribution in [0.4, 0.5) is 0 Å². The summed E-state index contributed by atoms with van der Waals surface area (Å²) in [7, 11) is 0. The molecular weight excluding hydrogens is 272 g/mol. The molecule has 1 aliphatic heterocycles. The van der Waals surface area contributed by atoms with Gasteiger partial charge in [-0.3, -0.25) is 4.79 Å². The number of nitriles is 1. The monoisotopic (exact) mass is 294 g/mol. The van der Waals surface area contributed by atoms with Gasteiger partial charge in [0.1, 0.15) is 5.54 Å². The highest BCUT2D eigenvalue weighted by Crippen LogP contribution is 2.75. The molecule has 0 N–H and O–H groups in total. The summed E-state index contributed by atoms with van der Waals surface area (Å²) in [5, 5.41) is 9.99. The zero-order valence-corrected chi connectivity index (χ0v) is 13.3. The highest BCUT2D eigenvalue weighted by Gasteiger charge is 2.78. The van der Waals surface area contributed by atoms with Gasteiger partial charge in [-0.1, -0.05) is 44.2 Å². The minimum absolute atomic E-state index is 0.0359. The minimum atomic E-state index is -0.573. The van der Waals surface area contributed by atoms with E-state index in [9.17, 15) is 10.1 Å². The maximum Gasteiger partial charge on any atom is 0.228 e. The lowest BCUT2D eigenvalue weighted by atomic mass is 9.66. The summed E-state index contributed by atoms with van der Waals surface area (Å²) in [5.74, 6) is 0.723. The second-order valence-electron chi connectivity index (χ2n) is 7.80. The van der Waals surface area contributed by atoms with Crippen LogP contribution in [-0.4, -0.2) is 22.9 Å². The molecule has 0 unspecified atom stereocenters. The van der Waals surface area contributed by atoms with Crippen molar-refractivity contribution in [1.29, 1.82) is 5.26 Å². The summed E-state index contributed by atoms with van der Waals surface area (Å²) in [6, 6.07) is 12.4. The number of rotatable bonds is 2. The van der Waals surface area contributed by atoms with Gasteiger partial charge in [-0.05, 0) is 36.2 Å². The Kier molecular flexibility index (Phi) is 2.59. The van der Waals surface area contributed by atoms with Gasteiger partial charge in [-0.2, -0.15) is 5.26 Å². The summed E-state index contributed by atoms with van der Waals surface area (Å²) >= 11 is 0. The summed E-state index contributed by atoms with van der Waals surface area (Å²) in [5.41, 5.74) is 0.543. The smallest absolute Gasteiger partial charge is 0.228 e. The first-order chi connectivity index (χ1) is 10.5. The molecule has 0 aromatic heterocycles. The molecule has 1 saturated heterocycles. The van der Waals surface area contributed by atoms with Gasteiger partial charge in [0.2, 0.25) is 5.91 Å². The number of piperidine rings is 1. The summed E-state index contributed by atoms with van der Waals surface area (Å²) in [6.07, 6.45) is 3.58. The maximum absolute atomic E-state index is 12.9. The van der Waals surface area contributed by atoms with Crippen LogP contribution in [0, 0.1) is 28.1 Å². The van der Waals surface area contributed by atoms with Crippen molar-refractivity contribution in [2.75, 3.05) is 6.54 Å². The average Bonchev–Trinajstić information content (AvgIpc) is 2.97. The highest BCUT2D eigenvalue weighted by atomic mass is 16.2. The van der Waals surface area contributed by atoms with Crippen molar-refractivity contribution < 1.29 is 4.79 Å². The SMILES string of the molecule is C[C@@]12CC[C@@H]3C[C@]1(C#N)N(C(=O)Cc1ccccc1)C[C@]32C. The molecule has 3 aliphatic rings. The topological polar surface area (TPSA) is 44.1 Å². The van der Waals surface area contributed by atoms with Gasteiger partial charge in [0, 0.05) is 12.0 Å². The van der Waals surface area contributed by atoms with E-state index in [1.165, 1.54) is 6.42 Å². The number of benzene rings is 1. The second kappa shape index (κ2) is 4.13. The second-order valence-corrected chi connectivity index (χ2v) is 7.80. The van der Waals surface area contributed by atoms with Crippen LogP contribution in [0.25, 0.3) is 0 Å². The Morgan fingerprint density at radius 3 is 2.73 bits per heavy atom. The highest BCUT2D eigenvalue weighted by molar-refractivity contribution is 5.81. The summed E-state index contributed by atoms with van der Waals surface area (Å²) < 4.78 is 0. The van der Waals surface area contributed by atoms with E-state index in [2.05, 4.69) is 19.9 Å². The van der Waals surface area contributed by atoms with Crippen LogP contribution in [0.5, 0.6) is 0 Å². The molecule has 1 aromatic carbocycles. The third-order valence-corrected chi connectivity index (χ3v) is 7.24. The van der Waals surface area contributed by atoms with Gasteiger partial charge >= 0.3 is 0 Å². The van der Waals surface area contributed by atoms with Gasteiger partial charge in [-0.25, -0.2) is 0 Å². The Labute approximate surface area is 131 Å². The number of nitrogens with zero attached hydrogens (tertiary/aromatic N) is 2. The molecule has 0 radical (unpaired) electrons. The molecule has 1 aromatic rings. The average molecular weight is 294 g/mol. The lowest BCUT2D eigenvalue weighted by molar-refractivity contribution is -0.136. The predicted molar refractivity (Wildman–Crippen MR) is 83.8 cm³/mol. The molecule has 22 heavy (non-hydrogen) atoms. The lowest BCUT2D eigenvalue weighted by Crippen LogP contribution is -2.55. The number of hydrogen-bond donors (Lipinski definition) is 0. The minimum Gasteiger partial charge on any atom is -0.323 e. The van der Waals surface area contributed by atoms with Gasteiger partial charge < -0.3 is 4.90 Å². The first kappa shape index (κ1) is 13.8. The largest absolute Gasteiger partial charge is 0.323 e. The number of amides is 1. The molecule has 4 atom stereocenters. The molecule has 4 rings (SSSR count). The molecule has 3 heteroatoms. The van der Waals surface area contributed by atoms with Gasteiger partial charge in [0.25, 0.3) is 0 Å². The summed E-state index contributed by atoms with van der Waals surface area (Å²) in [4.78, 5) is 14.8. The van der Waals surface area contributed by atoms with Crippen LogP contribution < -0.4 is 0 Å². The predicted octanol–water partition coefficient (Wildman–Crippen LogP) is 3.16. The standard InChI is InChI=1S/C19H22N2O/c1-17-13-21(16(22)10-14-6-4-3-5-7-14)19(12-20)11-15(17)8-9-18(17,19)2/h3-7,15H,8-11,13H2,1-2H3/t15-,17-,18+,19-/m1/s1. The number of hydrogen-bond acceptors (Lipinski definition) is 2. The number of likely N-dealkylation sites (tertiary alicyclic amines) is 1. The van der Waals surface area contributed by atoms with Crippen molar-refractivity contribution in [1.82, 2.24) is 4.90 Å². The van der Waals surface area contributed by atoms with Crippen LogP contribution in [0.2, 0.25) is 0 Å². The Morgan fingerprint density at radius 1 is 1.36 bits per heavy atom. The van der Waals surface area contributed by atoms with Gasteiger partial charge in [0.05, 0.1) is 12.5 Å². The van der Waals surface area contributed by atoms with Crippen molar-refractivity contribution in [3.8, 4) is 6.07 Å². The first-order valence-corrected chi connectivity index (χ1v) is 8.22. The van der Waals surface area contributed by atoms with E-state index in [1.807, 2.05) is 35.2 Å². The summed E-state index contributed by atoms with van der Waals surface area (Å²) in [6.45, 7) is 5.31. The normalized spacial score (nSPS) is 41.7. The fourth-order valence-corrected chi connectivity index (χ4v) is 5.68. The molecule has 0 spiro atoms. The van der Waals surface area contributed by atoms with E-state index in [1.54, 1.807) is 0 Å². The number of carbonyl (C=O) groups excluding carboxylic acids is 1. The molecule has 4 bridgehead atoms. The number of carbonyl (C=O) groups is 1. The van der Waals surface area contributed by atoms with Crippen LogP contribution in [-0.2, 0) is 11.2 Å². The van der Waals surface area contributed by atoms with Crippen molar-refractivity contribution in [3.63, 3.8) is 0 Å². The Bertz CT molecular complexity index is 678. The first-order valence-electron chi connectivity index (χ1n) is 8.22. The fraction of sp³-hybridized carbons (Fsp3) is 0.579. The molecule has 3 nitrogen and oxygen atoms in total. The Hall–Kier alpha value is -1.82. The molecule has 2 saturated carbocycles. The molecule has 1 heterocycles. The van der Waals surface area contributed by atoms with Crippen LogP contribution in [0.1, 0.15) is 38.7 Å². The van der Waals surface area contributed by atoms with Crippen LogP contribution >= 0.6 is 0 Å². The maximum atomic E-state index is 12.9. The molecular formula is C19H22N2O. The van der Waals surface area contributed by atoms with Crippen LogP contribution in [0.15, 0.2) is 30.3 Å².